The molecule has 1 unspecified atom stereocenters. The molecule has 4 heteroatoms. The number of amides is 1. The molecule has 0 spiro atoms. The van der Waals surface area contributed by atoms with Crippen LogP contribution in [0, 0.1) is 5.92 Å². The van der Waals surface area contributed by atoms with Gasteiger partial charge in [-0.15, -0.1) is 0 Å². The maximum absolute atomic E-state index is 11.2. The lowest BCUT2D eigenvalue weighted by Gasteiger charge is -2.10. The molecule has 1 amide bonds. The van der Waals surface area contributed by atoms with Gasteiger partial charge in [-0.25, -0.2) is 0 Å². The highest BCUT2D eigenvalue weighted by Crippen LogP contribution is 2.15. The van der Waals surface area contributed by atoms with Crippen LogP contribution in [-0.4, -0.2) is 17.6 Å². The van der Waals surface area contributed by atoms with Crippen LogP contribution < -0.4 is 5.32 Å². The maximum atomic E-state index is 11.2. The summed E-state index contributed by atoms with van der Waals surface area (Å²) >= 11 is 0. The zero-order valence-electron chi connectivity index (χ0n) is 9.06. The van der Waals surface area contributed by atoms with E-state index in [2.05, 4.69) is 5.32 Å². The third-order valence-electron chi connectivity index (χ3n) is 2.11. The van der Waals surface area contributed by atoms with E-state index in [0.29, 0.717) is 18.7 Å². The normalized spacial score (nSPS) is 12.8. The van der Waals surface area contributed by atoms with E-state index in [0.717, 1.165) is 0 Å². The largest absolute Gasteiger partial charge is 0.467 e. The van der Waals surface area contributed by atoms with Crippen molar-refractivity contribution < 1.29 is 14.3 Å². The number of carbonyl (C=O) groups is 1. The van der Waals surface area contributed by atoms with Crippen LogP contribution >= 0.6 is 0 Å². The Bertz CT molecular complexity index is 293. The molecule has 4 nitrogen and oxygen atoms in total. The highest BCUT2D eigenvalue weighted by molar-refractivity contribution is 5.77. The van der Waals surface area contributed by atoms with Gasteiger partial charge in [0.15, 0.2) is 0 Å². The summed E-state index contributed by atoms with van der Waals surface area (Å²) < 4.78 is 5.04. The fourth-order valence-corrected chi connectivity index (χ4v) is 1.16. The molecular formula is C11H17NO3. The lowest BCUT2D eigenvalue weighted by atomic mass is 10.2. The van der Waals surface area contributed by atoms with E-state index in [-0.39, 0.29) is 11.8 Å². The molecule has 1 aromatic rings. The summed E-state index contributed by atoms with van der Waals surface area (Å²) in [5.41, 5.74) is 0. The standard InChI is InChI=1S/C11H17NO3/c1-8(2)11(14)12-6-5-9(13)10-4-3-7-15-10/h3-4,7-9,13H,5-6H2,1-2H3,(H,12,14). The van der Waals surface area contributed by atoms with Gasteiger partial charge in [0, 0.05) is 12.5 Å². The Hall–Kier alpha value is -1.29. The fourth-order valence-electron chi connectivity index (χ4n) is 1.16. The second-order valence-corrected chi connectivity index (χ2v) is 3.77. The first-order chi connectivity index (χ1) is 7.11. The lowest BCUT2D eigenvalue weighted by molar-refractivity contribution is -0.124. The Morgan fingerprint density at radius 1 is 1.60 bits per heavy atom. The number of hydrogen-bond donors (Lipinski definition) is 2. The molecular weight excluding hydrogens is 194 g/mol. The van der Waals surface area contributed by atoms with E-state index in [9.17, 15) is 9.90 Å². The van der Waals surface area contributed by atoms with Crippen molar-refractivity contribution in [2.24, 2.45) is 5.92 Å². The number of rotatable bonds is 5. The Morgan fingerprint density at radius 3 is 2.87 bits per heavy atom. The number of nitrogens with one attached hydrogen (secondary N) is 1. The van der Waals surface area contributed by atoms with Crippen LogP contribution in [-0.2, 0) is 4.79 Å². The monoisotopic (exact) mass is 211 g/mol. The van der Waals surface area contributed by atoms with E-state index in [4.69, 9.17) is 4.42 Å². The topological polar surface area (TPSA) is 62.5 Å². The van der Waals surface area contributed by atoms with Crippen LogP contribution in [0.25, 0.3) is 0 Å². The maximum Gasteiger partial charge on any atom is 0.222 e. The van der Waals surface area contributed by atoms with E-state index in [1.165, 1.54) is 6.26 Å². The van der Waals surface area contributed by atoms with Gasteiger partial charge in [-0.1, -0.05) is 13.8 Å². The van der Waals surface area contributed by atoms with Crippen LogP contribution in [0.5, 0.6) is 0 Å². The average Bonchev–Trinajstić information content (AvgIpc) is 2.70. The first-order valence-corrected chi connectivity index (χ1v) is 5.10. The number of aliphatic hydroxyl groups is 1. The smallest absolute Gasteiger partial charge is 0.222 e. The number of aliphatic hydroxyl groups excluding tert-OH is 1. The van der Waals surface area contributed by atoms with Gasteiger partial charge in [-0.05, 0) is 18.6 Å². The molecule has 0 aliphatic heterocycles. The van der Waals surface area contributed by atoms with Crippen molar-refractivity contribution in [3.8, 4) is 0 Å². The van der Waals surface area contributed by atoms with E-state index in [1.54, 1.807) is 12.1 Å². The summed E-state index contributed by atoms with van der Waals surface area (Å²) in [4.78, 5) is 11.2. The number of furan rings is 1. The molecule has 1 heterocycles. The van der Waals surface area contributed by atoms with Crippen LogP contribution in [0.3, 0.4) is 0 Å². The van der Waals surface area contributed by atoms with Crippen LogP contribution in [0.15, 0.2) is 22.8 Å². The molecule has 0 aromatic carbocycles. The second-order valence-electron chi connectivity index (χ2n) is 3.77. The zero-order chi connectivity index (χ0) is 11.3. The van der Waals surface area contributed by atoms with Crippen LogP contribution in [0.2, 0.25) is 0 Å². The summed E-state index contributed by atoms with van der Waals surface area (Å²) in [6.45, 7) is 4.12. The average molecular weight is 211 g/mol. The van der Waals surface area contributed by atoms with E-state index >= 15 is 0 Å². The summed E-state index contributed by atoms with van der Waals surface area (Å²) in [6.07, 6.45) is 1.34. The Kier molecular flexibility index (Phi) is 4.37. The first kappa shape index (κ1) is 11.8. The van der Waals surface area contributed by atoms with Crippen molar-refractivity contribution in [3.05, 3.63) is 24.2 Å². The van der Waals surface area contributed by atoms with Gasteiger partial charge in [0.1, 0.15) is 11.9 Å². The molecule has 2 N–H and O–H groups in total. The van der Waals surface area contributed by atoms with Gasteiger partial charge in [0.25, 0.3) is 0 Å². The predicted molar refractivity (Wildman–Crippen MR) is 56.1 cm³/mol. The minimum atomic E-state index is -0.646. The lowest BCUT2D eigenvalue weighted by Crippen LogP contribution is -2.29. The molecule has 15 heavy (non-hydrogen) atoms. The van der Waals surface area contributed by atoms with Crippen molar-refractivity contribution in [3.63, 3.8) is 0 Å². The number of carbonyl (C=O) groups excluding carboxylic acids is 1. The Labute approximate surface area is 89.3 Å². The Balaban J connectivity index is 2.24. The highest BCUT2D eigenvalue weighted by Gasteiger charge is 2.11. The zero-order valence-corrected chi connectivity index (χ0v) is 9.06. The van der Waals surface area contributed by atoms with E-state index < -0.39 is 6.10 Å². The van der Waals surface area contributed by atoms with Crippen LogP contribution in [0.4, 0.5) is 0 Å². The summed E-state index contributed by atoms with van der Waals surface area (Å²) in [5.74, 6) is 0.515. The van der Waals surface area contributed by atoms with Crippen molar-refractivity contribution in [2.75, 3.05) is 6.54 Å². The molecule has 0 saturated carbocycles. The number of hydrogen-bond acceptors (Lipinski definition) is 3. The molecule has 1 atom stereocenters. The van der Waals surface area contributed by atoms with Gasteiger partial charge >= 0.3 is 0 Å². The quantitative estimate of drug-likeness (QED) is 0.775. The van der Waals surface area contributed by atoms with Crippen molar-refractivity contribution >= 4 is 5.91 Å². The molecule has 0 saturated heterocycles. The minimum Gasteiger partial charge on any atom is -0.467 e. The predicted octanol–water partition coefficient (Wildman–Crippen LogP) is 1.48. The highest BCUT2D eigenvalue weighted by atomic mass is 16.4. The third-order valence-corrected chi connectivity index (χ3v) is 2.11. The van der Waals surface area contributed by atoms with Gasteiger partial charge in [-0.3, -0.25) is 4.79 Å². The van der Waals surface area contributed by atoms with Crippen molar-refractivity contribution in [1.82, 2.24) is 5.32 Å². The van der Waals surface area contributed by atoms with Gasteiger partial charge in [-0.2, -0.15) is 0 Å². The first-order valence-electron chi connectivity index (χ1n) is 5.10. The summed E-state index contributed by atoms with van der Waals surface area (Å²) in [7, 11) is 0. The minimum absolute atomic E-state index is 0.00152. The molecule has 0 bridgehead atoms. The van der Waals surface area contributed by atoms with Gasteiger partial charge in [0.2, 0.25) is 5.91 Å². The van der Waals surface area contributed by atoms with Crippen LogP contribution in [0.1, 0.15) is 32.1 Å². The second kappa shape index (κ2) is 5.56. The van der Waals surface area contributed by atoms with Crippen molar-refractivity contribution in [1.29, 1.82) is 0 Å². The summed E-state index contributed by atoms with van der Waals surface area (Å²) in [6, 6.07) is 3.44. The van der Waals surface area contributed by atoms with Crippen molar-refractivity contribution in [2.45, 2.75) is 26.4 Å². The molecule has 0 aliphatic rings. The summed E-state index contributed by atoms with van der Waals surface area (Å²) in [5, 5.41) is 12.4. The molecule has 1 aromatic heterocycles. The SMILES string of the molecule is CC(C)C(=O)NCCC(O)c1ccco1. The Morgan fingerprint density at radius 2 is 2.33 bits per heavy atom. The molecule has 1 rings (SSSR count). The van der Waals surface area contributed by atoms with E-state index in [1.807, 2.05) is 13.8 Å². The fraction of sp³-hybridized carbons (Fsp3) is 0.545. The molecule has 0 radical (unpaired) electrons. The van der Waals surface area contributed by atoms with Gasteiger partial charge in [0.05, 0.1) is 6.26 Å². The molecule has 0 aliphatic carbocycles. The third kappa shape index (κ3) is 3.75. The van der Waals surface area contributed by atoms with Gasteiger partial charge < -0.3 is 14.8 Å². The molecule has 84 valence electrons. The molecule has 0 fully saturated rings.